The van der Waals surface area contributed by atoms with Crippen LogP contribution < -0.4 is 4.90 Å². The quantitative estimate of drug-likeness (QED) is 0.623. The van der Waals surface area contributed by atoms with Crippen molar-refractivity contribution in [2.24, 2.45) is 0 Å². The zero-order valence-corrected chi connectivity index (χ0v) is 14.7. The van der Waals surface area contributed by atoms with Gasteiger partial charge in [-0.05, 0) is 42.0 Å². The van der Waals surface area contributed by atoms with E-state index in [1.54, 1.807) is 12.1 Å². The molecule has 0 aliphatic heterocycles. The van der Waals surface area contributed by atoms with E-state index in [-0.39, 0.29) is 22.6 Å². The van der Waals surface area contributed by atoms with Gasteiger partial charge < -0.3 is 15.3 Å². The second-order valence-electron chi connectivity index (χ2n) is 5.96. The lowest BCUT2D eigenvalue weighted by molar-refractivity contribution is 0.0696. The maximum absolute atomic E-state index is 13.1. The van der Waals surface area contributed by atoms with Crippen molar-refractivity contribution < 1.29 is 24.9 Å². The summed E-state index contributed by atoms with van der Waals surface area (Å²) in [4.78, 5) is 25.6. The number of carboxylic acid groups (broad SMARTS) is 1. The highest BCUT2D eigenvalue weighted by Gasteiger charge is 2.20. The molecule has 0 fully saturated rings. The van der Waals surface area contributed by atoms with Gasteiger partial charge in [-0.3, -0.25) is 9.69 Å². The smallest absolute Gasteiger partial charge is 0.335 e. The van der Waals surface area contributed by atoms with E-state index in [2.05, 4.69) is 0 Å². The molecular weight excluding hydrogens is 358 g/mol. The molecule has 0 bridgehead atoms. The number of carbonyl (C=O) groups excluding carboxylic acids is 1. The Hall–Kier alpha value is -4.06. The molecule has 3 aromatic carbocycles. The van der Waals surface area contributed by atoms with Gasteiger partial charge in [0.05, 0.1) is 11.1 Å². The SMILES string of the molecule is O=C(O)c1cccc(N(/C=C/c2ccccc2)C(=O)c2ccc(O)cc2O)c1. The van der Waals surface area contributed by atoms with Crippen LogP contribution in [-0.4, -0.2) is 27.2 Å². The highest BCUT2D eigenvalue weighted by molar-refractivity contribution is 6.10. The number of benzene rings is 3. The summed E-state index contributed by atoms with van der Waals surface area (Å²) < 4.78 is 0. The molecule has 6 nitrogen and oxygen atoms in total. The minimum Gasteiger partial charge on any atom is -0.508 e. The molecule has 0 heterocycles. The zero-order chi connectivity index (χ0) is 20.1. The molecule has 0 radical (unpaired) electrons. The number of aromatic hydroxyl groups is 2. The van der Waals surface area contributed by atoms with Gasteiger partial charge in [0, 0.05) is 18.0 Å². The van der Waals surface area contributed by atoms with Gasteiger partial charge in [0.1, 0.15) is 11.5 Å². The average Bonchev–Trinajstić information content (AvgIpc) is 2.69. The Morgan fingerprint density at radius 3 is 2.29 bits per heavy atom. The van der Waals surface area contributed by atoms with Crippen LogP contribution in [0.3, 0.4) is 0 Å². The van der Waals surface area contributed by atoms with Gasteiger partial charge in [0.25, 0.3) is 5.91 Å². The molecule has 3 N–H and O–H groups in total. The van der Waals surface area contributed by atoms with Crippen LogP contribution >= 0.6 is 0 Å². The van der Waals surface area contributed by atoms with Crippen molar-refractivity contribution in [1.29, 1.82) is 0 Å². The van der Waals surface area contributed by atoms with Crippen molar-refractivity contribution in [3.05, 3.63) is 95.7 Å². The lowest BCUT2D eigenvalue weighted by Crippen LogP contribution is -2.25. The summed E-state index contributed by atoms with van der Waals surface area (Å²) in [7, 11) is 0. The van der Waals surface area contributed by atoms with Gasteiger partial charge in [-0.15, -0.1) is 0 Å². The third-order valence-corrected chi connectivity index (χ3v) is 4.02. The summed E-state index contributed by atoms with van der Waals surface area (Å²) in [6.07, 6.45) is 3.20. The number of amides is 1. The van der Waals surface area contributed by atoms with Crippen LogP contribution in [0.2, 0.25) is 0 Å². The van der Waals surface area contributed by atoms with Crippen molar-refractivity contribution in [2.45, 2.75) is 0 Å². The van der Waals surface area contributed by atoms with Crippen molar-refractivity contribution in [2.75, 3.05) is 4.90 Å². The lowest BCUT2D eigenvalue weighted by atomic mass is 10.1. The number of anilines is 1. The molecule has 0 aliphatic carbocycles. The fourth-order valence-electron chi connectivity index (χ4n) is 2.62. The summed E-state index contributed by atoms with van der Waals surface area (Å²) in [5.74, 6) is -2.24. The van der Waals surface area contributed by atoms with Crippen molar-refractivity contribution in [3.8, 4) is 11.5 Å². The molecule has 0 aliphatic rings. The van der Waals surface area contributed by atoms with Gasteiger partial charge in [-0.25, -0.2) is 4.79 Å². The van der Waals surface area contributed by atoms with Crippen LogP contribution in [-0.2, 0) is 0 Å². The number of hydrogen-bond donors (Lipinski definition) is 3. The summed E-state index contributed by atoms with van der Waals surface area (Å²) in [6, 6.07) is 18.9. The summed E-state index contributed by atoms with van der Waals surface area (Å²) in [6.45, 7) is 0. The maximum Gasteiger partial charge on any atom is 0.335 e. The van der Waals surface area contributed by atoms with Crippen LogP contribution in [0.15, 0.2) is 79.0 Å². The van der Waals surface area contributed by atoms with Crippen LogP contribution in [0, 0.1) is 0 Å². The highest BCUT2D eigenvalue weighted by atomic mass is 16.4. The molecule has 140 valence electrons. The van der Waals surface area contributed by atoms with Crippen molar-refractivity contribution in [3.63, 3.8) is 0 Å². The normalized spacial score (nSPS) is 10.7. The lowest BCUT2D eigenvalue weighted by Gasteiger charge is -2.20. The Kier molecular flexibility index (Phi) is 5.41. The number of nitrogens with zero attached hydrogens (tertiary/aromatic N) is 1. The van der Waals surface area contributed by atoms with Crippen LogP contribution in [0.1, 0.15) is 26.3 Å². The number of phenols is 2. The van der Waals surface area contributed by atoms with Gasteiger partial charge in [-0.1, -0.05) is 36.4 Å². The van der Waals surface area contributed by atoms with E-state index in [1.165, 1.54) is 41.4 Å². The molecule has 0 unspecified atom stereocenters. The van der Waals surface area contributed by atoms with E-state index in [1.807, 2.05) is 30.3 Å². The topological polar surface area (TPSA) is 98.1 Å². The minimum absolute atomic E-state index is 0.0262. The van der Waals surface area contributed by atoms with Gasteiger partial charge in [-0.2, -0.15) is 0 Å². The standard InChI is InChI=1S/C22H17NO5/c24-18-9-10-19(20(25)14-18)21(26)23(12-11-15-5-2-1-3-6-15)17-8-4-7-16(13-17)22(27)28/h1-14,24-25H,(H,27,28)/b12-11+. The van der Waals surface area contributed by atoms with Crippen LogP contribution in [0.4, 0.5) is 5.69 Å². The first-order valence-corrected chi connectivity index (χ1v) is 8.38. The molecule has 0 aromatic heterocycles. The van der Waals surface area contributed by atoms with Gasteiger partial charge in [0.2, 0.25) is 0 Å². The Bertz CT molecular complexity index is 1040. The van der Waals surface area contributed by atoms with Crippen molar-refractivity contribution in [1.82, 2.24) is 0 Å². The van der Waals surface area contributed by atoms with E-state index in [9.17, 15) is 24.9 Å². The number of hydrogen-bond acceptors (Lipinski definition) is 4. The third-order valence-electron chi connectivity index (χ3n) is 4.02. The highest BCUT2D eigenvalue weighted by Crippen LogP contribution is 2.27. The first-order chi connectivity index (χ1) is 13.5. The third kappa shape index (κ3) is 4.19. The fourth-order valence-corrected chi connectivity index (χ4v) is 2.62. The summed E-state index contributed by atoms with van der Waals surface area (Å²) in [5, 5.41) is 28.8. The van der Waals surface area contributed by atoms with Gasteiger partial charge >= 0.3 is 5.97 Å². The zero-order valence-electron chi connectivity index (χ0n) is 14.7. The second kappa shape index (κ2) is 8.09. The monoisotopic (exact) mass is 375 g/mol. The molecule has 3 rings (SSSR count). The van der Waals surface area contributed by atoms with E-state index in [0.717, 1.165) is 11.6 Å². The Balaban J connectivity index is 2.06. The molecule has 1 amide bonds. The largest absolute Gasteiger partial charge is 0.508 e. The Morgan fingerprint density at radius 2 is 1.61 bits per heavy atom. The van der Waals surface area contributed by atoms with Crippen LogP contribution in [0.5, 0.6) is 11.5 Å². The predicted molar refractivity (Wildman–Crippen MR) is 105 cm³/mol. The molecule has 0 atom stereocenters. The number of rotatable bonds is 5. The predicted octanol–water partition coefficient (Wildman–Crippen LogP) is 4.11. The molecule has 6 heteroatoms. The fraction of sp³-hybridized carbons (Fsp3) is 0. The first kappa shape index (κ1) is 18.7. The molecule has 0 saturated heterocycles. The Labute approximate surface area is 161 Å². The molecular formula is C22H17NO5. The summed E-state index contributed by atoms with van der Waals surface area (Å²) >= 11 is 0. The van der Waals surface area contributed by atoms with E-state index in [0.29, 0.717) is 5.69 Å². The average molecular weight is 375 g/mol. The Morgan fingerprint density at radius 1 is 0.857 bits per heavy atom. The van der Waals surface area contributed by atoms with Crippen LogP contribution in [0.25, 0.3) is 6.08 Å². The van der Waals surface area contributed by atoms with E-state index >= 15 is 0 Å². The molecule has 0 spiro atoms. The summed E-state index contributed by atoms with van der Waals surface area (Å²) in [5.41, 5.74) is 1.16. The molecule has 28 heavy (non-hydrogen) atoms. The number of aromatic carboxylic acids is 1. The maximum atomic E-state index is 13.1. The molecule has 0 saturated carbocycles. The van der Waals surface area contributed by atoms with Gasteiger partial charge in [0.15, 0.2) is 0 Å². The number of carboxylic acids is 1. The first-order valence-electron chi connectivity index (χ1n) is 8.38. The number of carbonyl (C=O) groups is 2. The minimum atomic E-state index is -1.12. The number of phenolic OH excluding ortho intramolecular Hbond substituents is 2. The molecule has 3 aromatic rings. The second-order valence-corrected chi connectivity index (χ2v) is 5.96. The van der Waals surface area contributed by atoms with E-state index in [4.69, 9.17) is 0 Å². The van der Waals surface area contributed by atoms with Crippen molar-refractivity contribution >= 4 is 23.6 Å². The van der Waals surface area contributed by atoms with E-state index < -0.39 is 11.9 Å².